The van der Waals surface area contributed by atoms with Gasteiger partial charge in [-0.2, -0.15) is 0 Å². The SMILES string of the molecule is C1=NCc2cc(-c3nc(N4CCOCC4)c4scnc4n3)ccc21. The Labute approximate surface area is 142 Å². The molecule has 3 aromatic rings. The molecule has 0 radical (unpaired) electrons. The van der Waals surface area contributed by atoms with E-state index >= 15 is 0 Å². The van der Waals surface area contributed by atoms with E-state index in [0.717, 1.165) is 60.4 Å². The highest BCUT2D eigenvalue weighted by molar-refractivity contribution is 7.17. The highest BCUT2D eigenvalue weighted by Gasteiger charge is 2.20. The van der Waals surface area contributed by atoms with Gasteiger partial charge < -0.3 is 9.64 Å². The summed E-state index contributed by atoms with van der Waals surface area (Å²) in [5.41, 5.74) is 6.03. The van der Waals surface area contributed by atoms with Gasteiger partial charge in [0.25, 0.3) is 0 Å². The van der Waals surface area contributed by atoms with Crippen molar-refractivity contribution in [3.8, 4) is 11.4 Å². The highest BCUT2D eigenvalue weighted by atomic mass is 32.1. The summed E-state index contributed by atoms with van der Waals surface area (Å²) < 4.78 is 6.52. The van der Waals surface area contributed by atoms with Gasteiger partial charge in [-0.1, -0.05) is 12.1 Å². The average Bonchev–Trinajstić information content (AvgIpc) is 3.29. The summed E-state index contributed by atoms with van der Waals surface area (Å²) >= 11 is 1.59. The number of fused-ring (bicyclic) bond motifs is 2. The minimum absolute atomic E-state index is 0.726. The minimum atomic E-state index is 0.726. The van der Waals surface area contributed by atoms with Crippen molar-refractivity contribution < 1.29 is 4.74 Å². The van der Waals surface area contributed by atoms with Crippen LogP contribution in [0.5, 0.6) is 0 Å². The Kier molecular flexibility index (Phi) is 3.27. The normalized spacial score (nSPS) is 16.8. The topological polar surface area (TPSA) is 63.5 Å². The fourth-order valence-electron chi connectivity index (χ4n) is 3.12. The van der Waals surface area contributed by atoms with Crippen LogP contribution in [0.25, 0.3) is 21.7 Å². The number of aromatic nitrogens is 3. The van der Waals surface area contributed by atoms with E-state index in [2.05, 4.69) is 38.1 Å². The molecule has 24 heavy (non-hydrogen) atoms. The molecule has 6 nitrogen and oxygen atoms in total. The summed E-state index contributed by atoms with van der Waals surface area (Å²) in [6.45, 7) is 3.90. The summed E-state index contributed by atoms with van der Waals surface area (Å²) in [5, 5.41) is 0. The third-order valence-corrected chi connectivity index (χ3v) is 5.19. The molecule has 0 spiro atoms. The number of nitrogens with zero attached hydrogens (tertiary/aromatic N) is 5. The standard InChI is InChI=1S/C17H15N5OS/c1-2-12-8-18-9-13(12)7-11(1)15-20-16-14(24-10-19-16)17(21-15)22-3-5-23-6-4-22/h1-2,7-8,10H,3-6,9H2. The van der Waals surface area contributed by atoms with Crippen molar-refractivity contribution in [2.24, 2.45) is 4.99 Å². The Balaban J connectivity index is 1.63. The molecule has 0 unspecified atom stereocenters. The maximum absolute atomic E-state index is 5.47. The van der Waals surface area contributed by atoms with Crippen LogP contribution in [0.15, 0.2) is 28.7 Å². The van der Waals surface area contributed by atoms with E-state index in [1.807, 2.05) is 11.7 Å². The van der Waals surface area contributed by atoms with Crippen molar-refractivity contribution in [1.29, 1.82) is 0 Å². The molecular formula is C17H15N5OS. The number of anilines is 1. The molecule has 0 N–H and O–H groups in total. The molecular weight excluding hydrogens is 322 g/mol. The van der Waals surface area contributed by atoms with Crippen molar-refractivity contribution in [2.75, 3.05) is 31.2 Å². The van der Waals surface area contributed by atoms with Gasteiger partial charge in [0.05, 0.1) is 25.3 Å². The van der Waals surface area contributed by atoms with Crippen LogP contribution in [-0.4, -0.2) is 47.5 Å². The van der Waals surface area contributed by atoms with Gasteiger partial charge in [0.15, 0.2) is 17.3 Å². The number of benzene rings is 1. The van der Waals surface area contributed by atoms with Gasteiger partial charge in [0.1, 0.15) is 4.70 Å². The molecule has 0 aliphatic carbocycles. The van der Waals surface area contributed by atoms with Gasteiger partial charge in [0, 0.05) is 24.9 Å². The van der Waals surface area contributed by atoms with Gasteiger partial charge >= 0.3 is 0 Å². The minimum Gasteiger partial charge on any atom is -0.378 e. The van der Waals surface area contributed by atoms with E-state index < -0.39 is 0 Å². The molecule has 1 aromatic carbocycles. The predicted molar refractivity (Wildman–Crippen MR) is 95.0 cm³/mol. The first-order valence-electron chi connectivity index (χ1n) is 7.95. The zero-order valence-electron chi connectivity index (χ0n) is 13.0. The number of thiazole rings is 1. The van der Waals surface area contributed by atoms with Crippen LogP contribution in [0.4, 0.5) is 5.82 Å². The molecule has 7 heteroatoms. The maximum Gasteiger partial charge on any atom is 0.176 e. The van der Waals surface area contributed by atoms with Gasteiger partial charge in [-0.05, 0) is 17.2 Å². The van der Waals surface area contributed by atoms with Crippen molar-refractivity contribution in [1.82, 2.24) is 15.0 Å². The predicted octanol–water partition coefficient (Wildman–Crippen LogP) is 2.52. The van der Waals surface area contributed by atoms with Crippen LogP contribution in [0.2, 0.25) is 0 Å². The van der Waals surface area contributed by atoms with E-state index in [-0.39, 0.29) is 0 Å². The second-order valence-electron chi connectivity index (χ2n) is 5.86. The summed E-state index contributed by atoms with van der Waals surface area (Å²) in [6.07, 6.45) is 1.92. The third-order valence-electron chi connectivity index (χ3n) is 4.38. The Morgan fingerprint density at radius 2 is 2.04 bits per heavy atom. The first-order chi connectivity index (χ1) is 11.9. The van der Waals surface area contributed by atoms with Crippen molar-refractivity contribution >= 4 is 33.7 Å². The zero-order chi connectivity index (χ0) is 15.9. The Hall–Kier alpha value is -2.38. The molecule has 1 fully saturated rings. The van der Waals surface area contributed by atoms with Crippen LogP contribution in [0.1, 0.15) is 11.1 Å². The fourth-order valence-corrected chi connectivity index (χ4v) is 3.86. The van der Waals surface area contributed by atoms with E-state index in [9.17, 15) is 0 Å². The zero-order valence-corrected chi connectivity index (χ0v) is 13.8. The fraction of sp³-hybridized carbons (Fsp3) is 0.294. The lowest BCUT2D eigenvalue weighted by molar-refractivity contribution is 0.122. The van der Waals surface area contributed by atoms with Crippen molar-refractivity contribution in [3.05, 3.63) is 34.8 Å². The first-order valence-corrected chi connectivity index (χ1v) is 8.83. The van der Waals surface area contributed by atoms with E-state index in [1.165, 1.54) is 11.1 Å². The average molecular weight is 337 g/mol. The van der Waals surface area contributed by atoms with Crippen LogP contribution < -0.4 is 4.90 Å². The molecule has 0 saturated carbocycles. The maximum atomic E-state index is 5.47. The summed E-state index contributed by atoms with van der Waals surface area (Å²) in [7, 11) is 0. The third kappa shape index (κ3) is 2.28. The molecule has 2 aliphatic rings. The van der Waals surface area contributed by atoms with Crippen LogP contribution in [0, 0.1) is 0 Å². The number of hydrogen-bond acceptors (Lipinski definition) is 7. The number of morpholine rings is 1. The van der Waals surface area contributed by atoms with E-state index in [1.54, 1.807) is 11.3 Å². The van der Waals surface area contributed by atoms with Crippen LogP contribution in [0.3, 0.4) is 0 Å². The number of ether oxygens (including phenoxy) is 1. The second-order valence-corrected chi connectivity index (χ2v) is 6.71. The summed E-state index contributed by atoms with van der Waals surface area (Å²) in [5.74, 6) is 1.70. The van der Waals surface area contributed by atoms with E-state index in [4.69, 9.17) is 9.72 Å². The highest BCUT2D eigenvalue weighted by Crippen LogP contribution is 2.31. The molecule has 0 atom stereocenters. The summed E-state index contributed by atoms with van der Waals surface area (Å²) in [4.78, 5) is 20.6. The van der Waals surface area contributed by atoms with E-state index in [0.29, 0.717) is 0 Å². The molecule has 120 valence electrons. The Morgan fingerprint density at radius 1 is 1.12 bits per heavy atom. The number of rotatable bonds is 2. The van der Waals surface area contributed by atoms with Crippen molar-refractivity contribution in [2.45, 2.75) is 6.54 Å². The lowest BCUT2D eigenvalue weighted by atomic mass is 10.1. The molecule has 0 bridgehead atoms. The van der Waals surface area contributed by atoms with Gasteiger partial charge in [-0.15, -0.1) is 11.3 Å². The number of aliphatic imine (C=N–C) groups is 1. The molecule has 2 aliphatic heterocycles. The second kappa shape index (κ2) is 5.61. The summed E-state index contributed by atoms with van der Waals surface area (Å²) in [6, 6.07) is 6.29. The van der Waals surface area contributed by atoms with Gasteiger partial charge in [-0.25, -0.2) is 15.0 Å². The Morgan fingerprint density at radius 3 is 2.96 bits per heavy atom. The smallest absolute Gasteiger partial charge is 0.176 e. The van der Waals surface area contributed by atoms with Gasteiger partial charge in [0.2, 0.25) is 0 Å². The van der Waals surface area contributed by atoms with Crippen LogP contribution >= 0.6 is 11.3 Å². The molecule has 2 aromatic heterocycles. The molecule has 5 rings (SSSR count). The molecule has 1 saturated heterocycles. The monoisotopic (exact) mass is 337 g/mol. The lowest BCUT2D eigenvalue weighted by Gasteiger charge is -2.28. The quantitative estimate of drug-likeness (QED) is 0.719. The lowest BCUT2D eigenvalue weighted by Crippen LogP contribution is -2.36. The largest absolute Gasteiger partial charge is 0.378 e. The molecule has 0 amide bonds. The van der Waals surface area contributed by atoms with Gasteiger partial charge in [-0.3, -0.25) is 4.99 Å². The van der Waals surface area contributed by atoms with Crippen molar-refractivity contribution in [3.63, 3.8) is 0 Å². The Bertz CT molecular complexity index is 945. The molecule has 4 heterocycles. The first kappa shape index (κ1) is 14.0. The number of hydrogen-bond donors (Lipinski definition) is 0. The van der Waals surface area contributed by atoms with Crippen LogP contribution in [-0.2, 0) is 11.3 Å².